The van der Waals surface area contributed by atoms with E-state index < -0.39 is 42.3 Å². The van der Waals surface area contributed by atoms with Gasteiger partial charge in [0.25, 0.3) is 5.56 Å². The van der Waals surface area contributed by atoms with E-state index in [0.717, 1.165) is 10.6 Å². The summed E-state index contributed by atoms with van der Waals surface area (Å²) >= 11 is 0. The number of aromatic nitrogens is 4. The molecular formula is C17H22N6O6. The monoisotopic (exact) mass is 406 g/mol. The maximum Gasteiger partial charge on any atom is 0.287 e. The average molecular weight is 406 g/mol. The third-order valence-electron chi connectivity index (χ3n) is 5.10. The van der Waals surface area contributed by atoms with E-state index in [4.69, 9.17) is 15.7 Å². The van der Waals surface area contributed by atoms with Crippen LogP contribution in [0.25, 0.3) is 16.9 Å². The Morgan fingerprint density at radius 3 is 2.72 bits per heavy atom. The van der Waals surface area contributed by atoms with E-state index in [-0.39, 0.29) is 29.2 Å². The third-order valence-corrected chi connectivity index (χ3v) is 5.10. The molecule has 1 fully saturated rings. The Kier molecular flexibility index (Phi) is 5.44. The summed E-state index contributed by atoms with van der Waals surface area (Å²) in [6, 6.07) is 1.79. The first-order valence-electron chi connectivity index (χ1n) is 8.88. The van der Waals surface area contributed by atoms with Crippen LogP contribution in [-0.4, -0.2) is 70.0 Å². The van der Waals surface area contributed by atoms with Crippen LogP contribution in [0.15, 0.2) is 17.2 Å². The Morgan fingerprint density at radius 1 is 1.48 bits per heavy atom. The van der Waals surface area contributed by atoms with Crippen LogP contribution in [-0.2, 0) is 4.74 Å². The molecule has 3 unspecified atom stereocenters. The zero-order chi connectivity index (χ0) is 21.5. The number of imidazole rings is 1. The van der Waals surface area contributed by atoms with Gasteiger partial charge in [-0.2, -0.15) is 10.2 Å². The molecule has 0 aliphatic carbocycles. The number of hydrogen-bond donors (Lipinski definition) is 5. The summed E-state index contributed by atoms with van der Waals surface area (Å²) in [4.78, 5) is 21.2. The minimum absolute atomic E-state index is 0.0222. The number of allylic oxidation sites excluding steroid dienone is 1. The summed E-state index contributed by atoms with van der Waals surface area (Å²) in [5, 5.41) is 49.1. The van der Waals surface area contributed by atoms with Crippen LogP contribution in [0.4, 0.5) is 5.95 Å². The Bertz CT molecular complexity index is 1050. The molecule has 1 saturated heterocycles. The lowest BCUT2D eigenvalue weighted by Gasteiger charge is -2.26. The molecule has 12 heteroatoms. The molecule has 0 bridgehead atoms. The van der Waals surface area contributed by atoms with Crippen molar-refractivity contribution >= 4 is 22.8 Å². The molecule has 12 nitrogen and oxygen atoms in total. The summed E-state index contributed by atoms with van der Waals surface area (Å²) in [7, 11) is 0. The fraction of sp³-hybridized carbons (Fsp3) is 0.529. The van der Waals surface area contributed by atoms with Crippen LogP contribution < -0.4 is 11.3 Å². The first kappa shape index (κ1) is 20.9. The molecule has 2 aromatic rings. The van der Waals surface area contributed by atoms with Crippen LogP contribution in [0.2, 0.25) is 0 Å². The quantitative estimate of drug-likeness (QED) is 0.358. The smallest absolute Gasteiger partial charge is 0.287 e. The van der Waals surface area contributed by atoms with Crippen LogP contribution in [0, 0.1) is 11.3 Å². The molecular weight excluding hydrogens is 384 g/mol. The number of nitrogen functional groups attached to an aromatic ring is 1. The molecule has 6 N–H and O–H groups in total. The van der Waals surface area contributed by atoms with Crippen molar-refractivity contribution in [2.45, 2.75) is 50.4 Å². The summed E-state index contributed by atoms with van der Waals surface area (Å²) in [6.45, 7) is 2.59. The fourth-order valence-electron chi connectivity index (χ4n) is 3.22. The van der Waals surface area contributed by atoms with Crippen LogP contribution in [0.5, 0.6) is 0 Å². The molecule has 0 spiro atoms. The minimum atomic E-state index is -1.53. The van der Waals surface area contributed by atoms with E-state index in [1.165, 1.54) is 17.8 Å². The van der Waals surface area contributed by atoms with Gasteiger partial charge in [-0.25, -0.2) is 9.55 Å². The number of anilines is 1. The van der Waals surface area contributed by atoms with Gasteiger partial charge in [-0.1, -0.05) is 6.92 Å². The summed E-state index contributed by atoms with van der Waals surface area (Å²) in [5.41, 5.74) is 3.49. The molecule has 0 saturated carbocycles. The second-order valence-electron chi connectivity index (χ2n) is 6.95. The Labute approximate surface area is 164 Å². The third kappa shape index (κ3) is 3.28. The lowest BCUT2D eigenvalue weighted by atomic mass is 9.98. The van der Waals surface area contributed by atoms with Gasteiger partial charge >= 0.3 is 0 Å². The Balaban J connectivity index is 2.18. The van der Waals surface area contributed by atoms with Gasteiger partial charge < -0.3 is 30.9 Å². The number of hydrogen-bond acceptors (Lipinski definition) is 10. The molecule has 2 aromatic heterocycles. The van der Waals surface area contributed by atoms with Crippen molar-refractivity contribution in [3.05, 3.63) is 22.8 Å². The normalized spacial score (nSPS) is 27.1. The average Bonchev–Trinajstić information content (AvgIpc) is 3.22. The molecule has 0 amide bonds. The van der Waals surface area contributed by atoms with Gasteiger partial charge in [0.15, 0.2) is 17.4 Å². The zero-order valence-electron chi connectivity index (χ0n) is 15.8. The SMILES string of the molecule is CCC(C)(O)/C(=C/C#N)n1c(N)nc2c(ncn2[C@H]2O[C@@H](CO)C(O)C2O)c1=O. The number of nitrogens with zero attached hydrogens (tertiary/aromatic N) is 5. The van der Waals surface area contributed by atoms with E-state index in [9.17, 15) is 25.2 Å². The van der Waals surface area contributed by atoms with Crippen molar-refractivity contribution in [1.82, 2.24) is 19.1 Å². The fourth-order valence-corrected chi connectivity index (χ4v) is 3.22. The molecule has 29 heavy (non-hydrogen) atoms. The zero-order valence-corrected chi connectivity index (χ0v) is 15.8. The Morgan fingerprint density at radius 2 is 2.17 bits per heavy atom. The Hall–Kier alpha value is -2.82. The van der Waals surface area contributed by atoms with Gasteiger partial charge in [0.2, 0.25) is 5.95 Å². The maximum atomic E-state index is 13.0. The molecule has 3 rings (SSSR count). The molecule has 5 atom stereocenters. The van der Waals surface area contributed by atoms with Gasteiger partial charge in [0, 0.05) is 6.08 Å². The van der Waals surface area contributed by atoms with Crippen molar-refractivity contribution in [3.8, 4) is 6.07 Å². The van der Waals surface area contributed by atoms with Gasteiger partial charge in [0.05, 0.1) is 24.7 Å². The first-order chi connectivity index (χ1) is 13.7. The molecule has 0 radical (unpaired) electrons. The lowest BCUT2D eigenvalue weighted by Crippen LogP contribution is -2.35. The standard InChI is InChI=1S/C17H22N6O6/c1-3-17(2,28)9(4-5-18)23-14(27)10-13(21-16(23)19)22(7-20-10)15-12(26)11(25)8(6-24)29-15/h4,7-8,11-12,15,24-26,28H,3,6H2,1-2H3,(H2,19,21)/b9-4-/t8-,11?,12?,15-,17?/m0/s1. The first-order valence-corrected chi connectivity index (χ1v) is 8.88. The number of fused-ring (bicyclic) bond motifs is 1. The van der Waals surface area contributed by atoms with Crippen LogP contribution in [0.3, 0.4) is 0 Å². The predicted octanol–water partition coefficient (Wildman–Crippen LogP) is -1.69. The molecule has 0 aromatic carbocycles. The lowest BCUT2D eigenvalue weighted by molar-refractivity contribution is -0.0511. The van der Waals surface area contributed by atoms with Crippen molar-refractivity contribution in [2.24, 2.45) is 0 Å². The van der Waals surface area contributed by atoms with E-state index in [2.05, 4.69) is 9.97 Å². The summed E-state index contributed by atoms with van der Waals surface area (Å²) in [5.74, 6) is -0.314. The summed E-state index contributed by atoms with van der Waals surface area (Å²) in [6.07, 6.45) is -2.51. The van der Waals surface area contributed by atoms with E-state index in [0.29, 0.717) is 0 Å². The second kappa shape index (κ2) is 7.54. The van der Waals surface area contributed by atoms with Gasteiger partial charge in [0.1, 0.15) is 23.9 Å². The van der Waals surface area contributed by atoms with Crippen LogP contribution >= 0.6 is 0 Å². The highest BCUT2D eigenvalue weighted by atomic mass is 16.6. The van der Waals surface area contributed by atoms with Gasteiger partial charge in [-0.15, -0.1) is 0 Å². The maximum absolute atomic E-state index is 13.0. The highest BCUT2D eigenvalue weighted by molar-refractivity contribution is 5.74. The second-order valence-corrected chi connectivity index (χ2v) is 6.95. The number of ether oxygens (including phenoxy) is 1. The van der Waals surface area contributed by atoms with Crippen LogP contribution in [0.1, 0.15) is 26.5 Å². The highest BCUT2D eigenvalue weighted by Gasteiger charge is 2.44. The van der Waals surface area contributed by atoms with Crippen molar-refractivity contribution < 1.29 is 25.2 Å². The number of nitrogens with two attached hydrogens (primary N) is 1. The van der Waals surface area contributed by atoms with Crippen molar-refractivity contribution in [3.63, 3.8) is 0 Å². The van der Waals surface area contributed by atoms with E-state index in [1.807, 2.05) is 0 Å². The number of aliphatic hydroxyl groups is 4. The number of nitriles is 1. The molecule has 1 aliphatic heterocycles. The largest absolute Gasteiger partial charge is 0.394 e. The topological polar surface area (TPSA) is 193 Å². The van der Waals surface area contributed by atoms with Gasteiger partial charge in [-0.3, -0.25) is 9.36 Å². The summed E-state index contributed by atoms with van der Waals surface area (Å²) < 4.78 is 7.58. The predicted molar refractivity (Wildman–Crippen MR) is 100 cm³/mol. The minimum Gasteiger partial charge on any atom is -0.394 e. The number of rotatable bonds is 5. The van der Waals surface area contributed by atoms with Crippen molar-refractivity contribution in [2.75, 3.05) is 12.3 Å². The molecule has 156 valence electrons. The van der Waals surface area contributed by atoms with E-state index >= 15 is 0 Å². The highest BCUT2D eigenvalue weighted by Crippen LogP contribution is 2.31. The molecule has 1 aliphatic rings. The molecule has 3 heterocycles. The van der Waals surface area contributed by atoms with E-state index in [1.54, 1.807) is 13.0 Å². The number of aliphatic hydroxyl groups excluding tert-OH is 3. The van der Waals surface area contributed by atoms with Gasteiger partial charge in [-0.05, 0) is 13.3 Å². The van der Waals surface area contributed by atoms with Crippen molar-refractivity contribution in [1.29, 1.82) is 5.26 Å².